The first-order valence-corrected chi connectivity index (χ1v) is 10.2. The van der Waals surface area contributed by atoms with Crippen LogP contribution in [-0.2, 0) is 4.74 Å². The molecule has 2 amide bonds. The van der Waals surface area contributed by atoms with Gasteiger partial charge in [-0.1, -0.05) is 36.4 Å². The number of Topliss-reactive ketones (excluding diaryl/α,β-unsaturated/α-hetero) is 1. The topological polar surface area (TPSA) is 80.8 Å². The molecule has 1 aliphatic heterocycles. The van der Waals surface area contributed by atoms with E-state index in [0.717, 1.165) is 16.0 Å². The van der Waals surface area contributed by atoms with Crippen LogP contribution in [0.25, 0.3) is 0 Å². The van der Waals surface area contributed by atoms with Crippen LogP contribution in [0.15, 0.2) is 66.7 Å². The van der Waals surface area contributed by atoms with E-state index in [1.54, 1.807) is 42.5 Å². The molecule has 3 aromatic rings. The van der Waals surface area contributed by atoms with E-state index in [2.05, 4.69) is 0 Å². The second-order valence-corrected chi connectivity index (χ2v) is 7.75. The number of ether oxygens (including phenoxy) is 1. The van der Waals surface area contributed by atoms with Crippen molar-refractivity contribution in [2.45, 2.75) is 26.9 Å². The first-order chi connectivity index (χ1) is 15.3. The lowest BCUT2D eigenvalue weighted by Gasteiger charge is -2.15. The van der Waals surface area contributed by atoms with Gasteiger partial charge < -0.3 is 4.74 Å². The molecule has 3 aromatic carbocycles. The van der Waals surface area contributed by atoms with E-state index in [4.69, 9.17) is 4.74 Å². The zero-order chi connectivity index (χ0) is 23.0. The Bertz CT molecular complexity index is 1260. The third-order valence-electron chi connectivity index (χ3n) is 5.58. The second-order valence-electron chi connectivity index (χ2n) is 7.75. The van der Waals surface area contributed by atoms with Crippen molar-refractivity contribution in [1.29, 1.82) is 0 Å². The van der Waals surface area contributed by atoms with Crippen LogP contribution < -0.4 is 4.90 Å². The quantitative estimate of drug-likeness (QED) is 0.339. The molecular formula is C26H21NO5. The summed E-state index contributed by atoms with van der Waals surface area (Å²) in [5.74, 6) is -2.01. The molecule has 0 spiro atoms. The molecule has 0 saturated heterocycles. The van der Waals surface area contributed by atoms with Crippen LogP contribution in [0.1, 0.15) is 59.5 Å². The van der Waals surface area contributed by atoms with Crippen LogP contribution in [0, 0.1) is 13.8 Å². The maximum Gasteiger partial charge on any atom is 0.338 e. The minimum atomic E-state index is -0.998. The number of imide groups is 1. The van der Waals surface area contributed by atoms with Crippen molar-refractivity contribution in [3.63, 3.8) is 0 Å². The van der Waals surface area contributed by atoms with E-state index in [-0.39, 0.29) is 22.5 Å². The van der Waals surface area contributed by atoms with Crippen LogP contribution in [0.3, 0.4) is 0 Å². The number of hydrogen-bond donors (Lipinski definition) is 0. The lowest BCUT2D eigenvalue weighted by atomic mass is 10.1. The maximum atomic E-state index is 13.0. The lowest BCUT2D eigenvalue weighted by molar-refractivity contribution is 0.0318. The number of carbonyl (C=O) groups is 4. The molecule has 0 N–H and O–H groups in total. The van der Waals surface area contributed by atoms with Crippen LogP contribution in [0.5, 0.6) is 0 Å². The molecule has 0 aromatic heterocycles. The van der Waals surface area contributed by atoms with Gasteiger partial charge in [-0.2, -0.15) is 0 Å². The van der Waals surface area contributed by atoms with E-state index in [0.29, 0.717) is 11.3 Å². The van der Waals surface area contributed by atoms with Gasteiger partial charge in [0, 0.05) is 5.56 Å². The highest BCUT2D eigenvalue weighted by atomic mass is 16.5. The number of anilines is 1. The molecule has 6 nitrogen and oxygen atoms in total. The summed E-state index contributed by atoms with van der Waals surface area (Å²) < 4.78 is 5.32. The Balaban J connectivity index is 1.56. The molecule has 0 aliphatic carbocycles. The third kappa shape index (κ3) is 3.71. The molecule has 160 valence electrons. The van der Waals surface area contributed by atoms with Gasteiger partial charge in [-0.15, -0.1) is 0 Å². The first-order valence-electron chi connectivity index (χ1n) is 10.2. The lowest BCUT2D eigenvalue weighted by Crippen LogP contribution is -2.29. The van der Waals surface area contributed by atoms with Crippen LogP contribution in [-0.4, -0.2) is 29.7 Å². The van der Waals surface area contributed by atoms with Crippen molar-refractivity contribution < 1.29 is 23.9 Å². The molecule has 0 unspecified atom stereocenters. The smallest absolute Gasteiger partial charge is 0.338 e. The Morgan fingerprint density at radius 2 is 1.47 bits per heavy atom. The van der Waals surface area contributed by atoms with Gasteiger partial charge in [0.15, 0.2) is 6.10 Å². The van der Waals surface area contributed by atoms with Gasteiger partial charge in [-0.05, 0) is 62.2 Å². The highest BCUT2D eigenvalue weighted by Crippen LogP contribution is 2.30. The molecule has 1 aliphatic rings. The maximum absolute atomic E-state index is 13.0. The molecule has 1 heterocycles. The van der Waals surface area contributed by atoms with E-state index in [1.165, 1.54) is 25.1 Å². The van der Waals surface area contributed by atoms with Crippen molar-refractivity contribution in [1.82, 2.24) is 0 Å². The molecular weight excluding hydrogens is 406 g/mol. The SMILES string of the molecule is Cc1ccc(N2C(=O)c3ccc(C(=O)O[C@H](C)C(=O)c4ccccc4)cc3C2=O)cc1C. The highest BCUT2D eigenvalue weighted by Gasteiger charge is 2.37. The highest BCUT2D eigenvalue weighted by molar-refractivity contribution is 6.34. The summed E-state index contributed by atoms with van der Waals surface area (Å²) in [6.45, 7) is 5.35. The van der Waals surface area contributed by atoms with Gasteiger partial charge in [0.25, 0.3) is 11.8 Å². The number of esters is 1. The monoisotopic (exact) mass is 427 g/mol. The Morgan fingerprint density at radius 1 is 0.781 bits per heavy atom. The number of carbonyl (C=O) groups excluding carboxylic acids is 4. The molecule has 0 radical (unpaired) electrons. The average molecular weight is 427 g/mol. The molecule has 0 fully saturated rings. The van der Waals surface area contributed by atoms with Gasteiger partial charge in [-0.25, -0.2) is 9.69 Å². The number of hydrogen-bond acceptors (Lipinski definition) is 5. The first kappa shape index (κ1) is 21.2. The van der Waals surface area contributed by atoms with Crippen molar-refractivity contribution >= 4 is 29.3 Å². The van der Waals surface area contributed by atoms with E-state index >= 15 is 0 Å². The predicted octanol–water partition coefficient (Wildman–Crippen LogP) is 4.53. The second kappa shape index (κ2) is 8.23. The average Bonchev–Trinajstić information content (AvgIpc) is 3.05. The van der Waals surface area contributed by atoms with Crippen LogP contribution in [0.2, 0.25) is 0 Å². The molecule has 32 heavy (non-hydrogen) atoms. The van der Waals surface area contributed by atoms with E-state index in [1.807, 2.05) is 19.9 Å². The number of benzene rings is 3. The van der Waals surface area contributed by atoms with Crippen molar-refractivity contribution in [2.75, 3.05) is 4.90 Å². The van der Waals surface area contributed by atoms with Crippen LogP contribution in [0.4, 0.5) is 5.69 Å². The Labute approximate surface area is 185 Å². The standard InChI is InChI=1S/C26H21NO5/c1-15-9-11-20(13-16(15)2)27-24(29)21-12-10-19(14-22(21)25(27)30)26(31)32-17(3)23(28)18-7-5-4-6-8-18/h4-14,17H,1-3H3/t17-/m1/s1. The molecule has 6 heteroatoms. The summed E-state index contributed by atoms with van der Waals surface area (Å²) in [4.78, 5) is 52.0. The van der Waals surface area contributed by atoms with Crippen molar-refractivity contribution in [2.24, 2.45) is 0 Å². The van der Waals surface area contributed by atoms with Crippen molar-refractivity contribution in [3.8, 4) is 0 Å². The van der Waals surface area contributed by atoms with Crippen LogP contribution >= 0.6 is 0 Å². The number of ketones is 1. The Kier molecular flexibility index (Phi) is 5.45. The van der Waals surface area contributed by atoms with Gasteiger partial charge in [0.2, 0.25) is 5.78 Å². The fraction of sp³-hybridized carbons (Fsp3) is 0.154. The zero-order valence-electron chi connectivity index (χ0n) is 17.9. The Hall–Kier alpha value is -4.06. The van der Waals surface area contributed by atoms with Gasteiger partial charge in [0.1, 0.15) is 0 Å². The normalized spacial score (nSPS) is 13.7. The fourth-order valence-corrected chi connectivity index (χ4v) is 3.59. The van der Waals surface area contributed by atoms with Gasteiger partial charge in [0.05, 0.1) is 22.4 Å². The summed E-state index contributed by atoms with van der Waals surface area (Å²) in [5.41, 5.74) is 3.37. The largest absolute Gasteiger partial charge is 0.451 e. The molecule has 4 rings (SSSR count). The third-order valence-corrected chi connectivity index (χ3v) is 5.58. The van der Waals surface area contributed by atoms with E-state index in [9.17, 15) is 19.2 Å². The summed E-state index contributed by atoms with van der Waals surface area (Å²) in [5, 5.41) is 0. The summed E-state index contributed by atoms with van der Waals surface area (Å²) >= 11 is 0. The zero-order valence-corrected chi connectivity index (χ0v) is 17.9. The summed E-state index contributed by atoms with van der Waals surface area (Å²) in [6, 6.07) is 18.1. The van der Waals surface area contributed by atoms with Gasteiger partial charge in [-0.3, -0.25) is 14.4 Å². The Morgan fingerprint density at radius 3 is 2.16 bits per heavy atom. The minimum Gasteiger partial charge on any atom is -0.451 e. The number of aryl methyl sites for hydroxylation is 2. The molecule has 0 bridgehead atoms. The number of rotatable bonds is 5. The van der Waals surface area contributed by atoms with Gasteiger partial charge >= 0.3 is 5.97 Å². The summed E-state index contributed by atoms with van der Waals surface area (Å²) in [7, 11) is 0. The molecule has 0 saturated carbocycles. The fourth-order valence-electron chi connectivity index (χ4n) is 3.59. The summed E-state index contributed by atoms with van der Waals surface area (Å²) in [6.07, 6.45) is -0.998. The van der Waals surface area contributed by atoms with Crippen molar-refractivity contribution in [3.05, 3.63) is 100 Å². The number of fused-ring (bicyclic) bond motifs is 1. The predicted molar refractivity (Wildman–Crippen MR) is 119 cm³/mol. The number of amides is 2. The van der Waals surface area contributed by atoms with E-state index < -0.39 is 23.9 Å². The molecule has 1 atom stereocenters. The number of nitrogens with zero attached hydrogens (tertiary/aromatic N) is 1. The minimum absolute atomic E-state index is 0.0968.